The Hall–Kier alpha value is -3.54. The quantitative estimate of drug-likeness (QED) is 0.472. The van der Waals surface area contributed by atoms with Crippen LogP contribution < -0.4 is 10.1 Å². The van der Waals surface area contributed by atoms with E-state index in [2.05, 4.69) is 21.0 Å². The van der Waals surface area contributed by atoms with E-state index in [1.807, 2.05) is 36.4 Å². The fourth-order valence-corrected chi connectivity index (χ4v) is 4.34. The molecule has 9 heteroatoms. The summed E-state index contributed by atoms with van der Waals surface area (Å²) in [6.07, 6.45) is -4.08. The minimum atomic E-state index is -4.79. The van der Waals surface area contributed by atoms with E-state index in [4.69, 9.17) is 16.9 Å². The molecule has 180 valence electrons. The Kier molecular flexibility index (Phi) is 7.29. The van der Waals surface area contributed by atoms with Crippen LogP contribution in [0.15, 0.2) is 72.8 Å². The van der Waals surface area contributed by atoms with E-state index in [-0.39, 0.29) is 29.3 Å². The summed E-state index contributed by atoms with van der Waals surface area (Å²) in [7, 11) is 0. The van der Waals surface area contributed by atoms with E-state index in [0.29, 0.717) is 23.6 Å². The van der Waals surface area contributed by atoms with Crippen molar-refractivity contribution in [1.29, 1.82) is 5.26 Å². The van der Waals surface area contributed by atoms with Crippen LogP contribution in [-0.4, -0.2) is 36.3 Å². The summed E-state index contributed by atoms with van der Waals surface area (Å²) in [5, 5.41) is 12.7. The lowest BCUT2D eigenvalue weighted by Gasteiger charge is -2.29. The molecule has 2 unspecified atom stereocenters. The van der Waals surface area contributed by atoms with Gasteiger partial charge in [-0.3, -0.25) is 9.69 Å². The number of likely N-dealkylation sites (tertiary alicyclic amines) is 1. The van der Waals surface area contributed by atoms with Gasteiger partial charge in [-0.15, -0.1) is 13.2 Å². The third kappa shape index (κ3) is 6.32. The van der Waals surface area contributed by atoms with E-state index in [1.165, 1.54) is 12.1 Å². The lowest BCUT2D eigenvalue weighted by atomic mass is 9.96. The number of hydrogen-bond donors (Lipinski definition) is 1. The van der Waals surface area contributed by atoms with Crippen LogP contribution in [0.25, 0.3) is 0 Å². The zero-order chi connectivity index (χ0) is 25.0. The standard InChI is InChI=1S/C26H21ClF3N3O2/c27-21-9-5-19(6-10-21)24(18-3-1-17(15-31)2-4-18)33-14-13-22(16-33)32-25(34)20-7-11-23(12-8-20)35-26(28,29)30/h1-12,22,24H,13-14,16H2,(H,32,34). The number of rotatable bonds is 6. The van der Waals surface area contributed by atoms with Crippen molar-refractivity contribution in [3.8, 4) is 11.8 Å². The molecule has 1 fully saturated rings. The molecule has 3 aromatic carbocycles. The molecule has 1 aliphatic rings. The molecule has 1 heterocycles. The van der Waals surface area contributed by atoms with Crippen LogP contribution in [0.2, 0.25) is 5.02 Å². The Morgan fingerprint density at radius 3 is 2.20 bits per heavy atom. The number of amides is 1. The molecule has 0 bridgehead atoms. The number of hydrogen-bond acceptors (Lipinski definition) is 4. The average molecular weight is 500 g/mol. The maximum Gasteiger partial charge on any atom is 0.573 e. The first-order valence-corrected chi connectivity index (χ1v) is 11.3. The summed E-state index contributed by atoms with van der Waals surface area (Å²) in [5.74, 6) is -0.744. The first-order valence-electron chi connectivity index (χ1n) is 10.9. The number of benzene rings is 3. The van der Waals surface area contributed by atoms with Crippen LogP contribution in [0, 0.1) is 11.3 Å². The van der Waals surface area contributed by atoms with Crippen molar-refractivity contribution in [2.24, 2.45) is 0 Å². The van der Waals surface area contributed by atoms with Crippen LogP contribution in [0.1, 0.15) is 39.5 Å². The first kappa shape index (κ1) is 24.6. The highest BCUT2D eigenvalue weighted by atomic mass is 35.5. The Bertz CT molecular complexity index is 1210. The molecule has 1 aliphatic heterocycles. The highest BCUT2D eigenvalue weighted by Crippen LogP contribution is 2.32. The van der Waals surface area contributed by atoms with Gasteiger partial charge in [0.15, 0.2) is 0 Å². The van der Waals surface area contributed by atoms with E-state index in [0.717, 1.165) is 29.8 Å². The molecular formula is C26H21ClF3N3O2. The van der Waals surface area contributed by atoms with Gasteiger partial charge in [-0.25, -0.2) is 0 Å². The molecule has 1 N–H and O–H groups in total. The molecule has 0 spiro atoms. The van der Waals surface area contributed by atoms with Crippen LogP contribution in [0.3, 0.4) is 0 Å². The topological polar surface area (TPSA) is 65.4 Å². The maximum absolute atomic E-state index is 12.7. The largest absolute Gasteiger partial charge is 0.573 e. The number of alkyl halides is 3. The predicted octanol–water partition coefficient (Wildman–Crippen LogP) is 5.70. The van der Waals surface area contributed by atoms with Gasteiger partial charge in [-0.1, -0.05) is 35.9 Å². The molecule has 0 saturated carbocycles. The minimum Gasteiger partial charge on any atom is -0.406 e. The molecule has 0 aliphatic carbocycles. The zero-order valence-electron chi connectivity index (χ0n) is 18.4. The van der Waals surface area contributed by atoms with E-state index in [9.17, 15) is 18.0 Å². The number of nitrogens with one attached hydrogen (secondary N) is 1. The molecule has 35 heavy (non-hydrogen) atoms. The molecular weight excluding hydrogens is 479 g/mol. The summed E-state index contributed by atoms with van der Waals surface area (Å²) >= 11 is 6.08. The minimum absolute atomic E-state index is 0.0966. The van der Waals surface area contributed by atoms with Crippen molar-refractivity contribution in [3.05, 3.63) is 100 Å². The van der Waals surface area contributed by atoms with Crippen molar-refractivity contribution < 1.29 is 22.7 Å². The lowest BCUT2D eigenvalue weighted by molar-refractivity contribution is -0.274. The summed E-state index contributed by atoms with van der Waals surface area (Å²) < 4.78 is 40.9. The van der Waals surface area contributed by atoms with Crippen LogP contribution in [0.5, 0.6) is 5.75 Å². The third-order valence-electron chi connectivity index (χ3n) is 5.81. The van der Waals surface area contributed by atoms with Gasteiger partial charge >= 0.3 is 6.36 Å². The molecule has 4 rings (SSSR count). The molecule has 3 aromatic rings. The van der Waals surface area contributed by atoms with Gasteiger partial charge in [-0.2, -0.15) is 5.26 Å². The van der Waals surface area contributed by atoms with Gasteiger partial charge in [0, 0.05) is 29.7 Å². The number of ether oxygens (including phenoxy) is 1. The Labute approximate surface area is 205 Å². The second-order valence-corrected chi connectivity index (χ2v) is 8.65. The molecule has 2 atom stereocenters. The first-order chi connectivity index (χ1) is 16.7. The van der Waals surface area contributed by atoms with Gasteiger partial charge in [0.1, 0.15) is 5.75 Å². The van der Waals surface area contributed by atoms with Gasteiger partial charge in [0.25, 0.3) is 5.91 Å². The van der Waals surface area contributed by atoms with Crippen molar-refractivity contribution in [2.45, 2.75) is 24.9 Å². The van der Waals surface area contributed by atoms with Crippen LogP contribution >= 0.6 is 11.6 Å². The highest BCUT2D eigenvalue weighted by Gasteiger charge is 2.32. The zero-order valence-corrected chi connectivity index (χ0v) is 19.2. The summed E-state index contributed by atoms with van der Waals surface area (Å²) in [4.78, 5) is 14.9. The monoisotopic (exact) mass is 499 g/mol. The maximum atomic E-state index is 12.7. The number of carbonyl (C=O) groups is 1. The predicted molar refractivity (Wildman–Crippen MR) is 125 cm³/mol. The van der Waals surface area contributed by atoms with Crippen molar-refractivity contribution >= 4 is 17.5 Å². The van der Waals surface area contributed by atoms with E-state index >= 15 is 0 Å². The van der Waals surface area contributed by atoms with Gasteiger partial charge in [0.2, 0.25) is 0 Å². The second-order valence-electron chi connectivity index (χ2n) is 8.21. The highest BCUT2D eigenvalue weighted by molar-refractivity contribution is 6.30. The lowest BCUT2D eigenvalue weighted by Crippen LogP contribution is -2.38. The number of carbonyl (C=O) groups excluding carboxylic acids is 1. The second kappa shape index (κ2) is 10.4. The summed E-state index contributed by atoms with van der Waals surface area (Å²) in [6.45, 7) is 1.30. The van der Waals surface area contributed by atoms with Gasteiger partial charge < -0.3 is 10.1 Å². The fourth-order valence-electron chi connectivity index (χ4n) is 4.22. The van der Waals surface area contributed by atoms with Gasteiger partial charge in [0.05, 0.1) is 17.7 Å². The SMILES string of the molecule is N#Cc1ccc(C(c2ccc(Cl)cc2)N2CCC(NC(=O)c3ccc(OC(F)(F)F)cc3)C2)cc1. The average Bonchev–Trinajstić information content (AvgIpc) is 3.28. The molecule has 0 aromatic heterocycles. The van der Waals surface area contributed by atoms with Crippen LogP contribution in [-0.2, 0) is 0 Å². The Morgan fingerprint density at radius 2 is 1.63 bits per heavy atom. The number of nitrogens with zero attached hydrogens (tertiary/aromatic N) is 2. The van der Waals surface area contributed by atoms with E-state index < -0.39 is 6.36 Å². The van der Waals surface area contributed by atoms with Crippen molar-refractivity contribution in [3.63, 3.8) is 0 Å². The molecule has 5 nitrogen and oxygen atoms in total. The number of nitriles is 1. The summed E-state index contributed by atoms with van der Waals surface area (Å²) in [6, 6.07) is 21.7. The molecule has 0 radical (unpaired) electrons. The van der Waals surface area contributed by atoms with Crippen LogP contribution in [0.4, 0.5) is 13.2 Å². The van der Waals surface area contributed by atoms with Crippen molar-refractivity contribution in [2.75, 3.05) is 13.1 Å². The normalized spacial score (nSPS) is 16.9. The molecule has 1 saturated heterocycles. The summed E-state index contributed by atoms with van der Waals surface area (Å²) in [5.41, 5.74) is 2.87. The Balaban J connectivity index is 1.46. The molecule has 1 amide bonds. The number of halogens is 4. The van der Waals surface area contributed by atoms with Crippen molar-refractivity contribution in [1.82, 2.24) is 10.2 Å². The Morgan fingerprint density at radius 1 is 1.03 bits per heavy atom. The fraction of sp³-hybridized carbons (Fsp3) is 0.231. The smallest absolute Gasteiger partial charge is 0.406 e. The van der Waals surface area contributed by atoms with E-state index in [1.54, 1.807) is 12.1 Å². The third-order valence-corrected chi connectivity index (χ3v) is 6.06. The van der Waals surface area contributed by atoms with Gasteiger partial charge in [-0.05, 0) is 66.1 Å².